The fourth-order valence-electron chi connectivity index (χ4n) is 4.89. The second-order valence-corrected chi connectivity index (χ2v) is 11.5. The Morgan fingerprint density at radius 2 is 1.02 bits per heavy atom. The van der Waals surface area contributed by atoms with Crippen LogP contribution in [0.5, 0.6) is 0 Å². The summed E-state index contributed by atoms with van der Waals surface area (Å²) in [6, 6.07) is -1.09. The van der Waals surface area contributed by atoms with Gasteiger partial charge in [0.15, 0.2) is 0 Å². The van der Waals surface area contributed by atoms with Crippen molar-refractivity contribution in [3.05, 3.63) is 0 Å². The van der Waals surface area contributed by atoms with E-state index in [4.69, 9.17) is 14.6 Å². The number of nitrogens with one attached hydrogen (secondary N) is 2. The smallest absolute Gasteiger partial charge is 0.326 e. The minimum absolute atomic E-state index is 0.0143. The molecule has 11 nitrogen and oxygen atoms in total. The first-order valence-corrected chi connectivity index (χ1v) is 17.0. The molecule has 0 bridgehead atoms. The van der Waals surface area contributed by atoms with Crippen LogP contribution in [0.2, 0.25) is 0 Å². The molecule has 256 valence electrons. The van der Waals surface area contributed by atoms with Crippen LogP contribution in [-0.2, 0) is 33.4 Å². The van der Waals surface area contributed by atoms with Crippen molar-refractivity contribution in [2.24, 2.45) is 0 Å². The van der Waals surface area contributed by atoms with Crippen LogP contribution in [0.25, 0.3) is 0 Å². The van der Waals surface area contributed by atoms with Crippen LogP contribution in [-0.4, -0.2) is 79.3 Å². The van der Waals surface area contributed by atoms with Crippen LogP contribution in [0.4, 0.5) is 0 Å². The lowest BCUT2D eigenvalue weighted by molar-refractivity contribution is -0.142. The number of rotatable bonds is 34. The summed E-state index contributed by atoms with van der Waals surface area (Å²) in [5, 5.41) is 23.2. The van der Waals surface area contributed by atoms with E-state index in [-0.39, 0.29) is 57.4 Å². The van der Waals surface area contributed by atoms with E-state index in [0.29, 0.717) is 19.3 Å². The molecule has 0 rings (SSSR count). The number of amides is 2. The monoisotopic (exact) mass is 628 g/mol. The molecule has 0 unspecified atom stereocenters. The van der Waals surface area contributed by atoms with E-state index in [1.165, 1.54) is 70.6 Å². The number of unbranched alkanes of at least 4 members (excludes halogenated alkanes) is 17. The van der Waals surface area contributed by atoms with Crippen LogP contribution in [0.1, 0.15) is 141 Å². The molecule has 2 amide bonds. The van der Waals surface area contributed by atoms with Crippen LogP contribution in [0, 0.1) is 0 Å². The maximum atomic E-state index is 12.2. The predicted octanol–water partition coefficient (Wildman–Crippen LogP) is 5.57. The van der Waals surface area contributed by atoms with Gasteiger partial charge in [-0.05, 0) is 19.3 Å². The van der Waals surface area contributed by atoms with E-state index in [2.05, 4.69) is 10.6 Å². The van der Waals surface area contributed by atoms with E-state index in [1.54, 1.807) is 0 Å². The van der Waals surface area contributed by atoms with E-state index in [9.17, 15) is 29.1 Å². The summed E-state index contributed by atoms with van der Waals surface area (Å²) >= 11 is 0. The number of hydrogen-bond acceptors (Lipinski definition) is 7. The maximum absolute atomic E-state index is 12.2. The van der Waals surface area contributed by atoms with Crippen LogP contribution < -0.4 is 10.6 Å². The van der Waals surface area contributed by atoms with Crippen LogP contribution >= 0.6 is 0 Å². The van der Waals surface area contributed by atoms with Crippen molar-refractivity contribution in [1.29, 1.82) is 0 Å². The number of carboxylic acids is 2. The van der Waals surface area contributed by atoms with Gasteiger partial charge in [0.2, 0.25) is 11.8 Å². The van der Waals surface area contributed by atoms with E-state index in [1.807, 2.05) is 0 Å². The predicted molar refractivity (Wildman–Crippen MR) is 169 cm³/mol. The molecule has 0 aliphatic heterocycles. The zero-order valence-corrected chi connectivity index (χ0v) is 27.0. The molecule has 11 heteroatoms. The van der Waals surface area contributed by atoms with E-state index in [0.717, 1.165) is 44.9 Å². The van der Waals surface area contributed by atoms with Gasteiger partial charge in [-0.25, -0.2) is 4.79 Å². The number of carboxylic acid groups (broad SMARTS) is 2. The molecular formula is C33H60N2O9. The number of hydrogen-bond donors (Lipinski definition) is 4. The number of aldehydes is 1. The number of ether oxygens (including phenoxy) is 2. The van der Waals surface area contributed by atoms with Crippen molar-refractivity contribution in [1.82, 2.24) is 10.6 Å². The van der Waals surface area contributed by atoms with Gasteiger partial charge in [0.1, 0.15) is 18.9 Å². The van der Waals surface area contributed by atoms with Gasteiger partial charge in [0, 0.05) is 25.8 Å². The Balaban J connectivity index is 3.56. The summed E-state index contributed by atoms with van der Waals surface area (Å²) in [6.07, 6.45) is 22.2. The van der Waals surface area contributed by atoms with Gasteiger partial charge >= 0.3 is 11.9 Å². The highest BCUT2D eigenvalue weighted by atomic mass is 16.5. The Hall–Kier alpha value is -2.53. The minimum atomic E-state index is -1.15. The zero-order valence-electron chi connectivity index (χ0n) is 27.0. The Morgan fingerprint density at radius 1 is 0.568 bits per heavy atom. The molecule has 0 heterocycles. The standard InChI is InChI=1S/C33H60N2O9/c36-24-26-44-28-27-43-25-23-34-30(37)22-21-29(33(41)42)35-31(38)19-17-15-13-11-9-7-5-3-1-2-4-6-8-10-12-14-16-18-20-32(39)40/h24,29H,1-23,25-28H2,(H,34,37)(H,35,38)(H,39,40)(H,41,42)/t29-/m0/s1. The van der Waals surface area contributed by atoms with Crippen LogP contribution in [0.15, 0.2) is 0 Å². The molecule has 0 aromatic carbocycles. The molecule has 4 N–H and O–H groups in total. The van der Waals surface area contributed by atoms with Crippen molar-refractivity contribution >= 4 is 30.0 Å². The van der Waals surface area contributed by atoms with Gasteiger partial charge in [-0.3, -0.25) is 14.4 Å². The summed E-state index contributed by atoms with van der Waals surface area (Å²) in [7, 11) is 0. The largest absolute Gasteiger partial charge is 0.481 e. The molecular weight excluding hydrogens is 568 g/mol. The first kappa shape index (κ1) is 41.5. The van der Waals surface area contributed by atoms with Gasteiger partial charge in [-0.15, -0.1) is 0 Å². The highest BCUT2D eigenvalue weighted by Gasteiger charge is 2.20. The first-order valence-electron chi connectivity index (χ1n) is 17.0. The first-order chi connectivity index (χ1) is 21.4. The van der Waals surface area contributed by atoms with E-state index >= 15 is 0 Å². The summed E-state index contributed by atoms with van der Waals surface area (Å²) in [5.41, 5.74) is 0. The molecule has 1 atom stereocenters. The summed E-state index contributed by atoms with van der Waals surface area (Å²) < 4.78 is 10.2. The highest BCUT2D eigenvalue weighted by Crippen LogP contribution is 2.15. The fraction of sp³-hybridized carbons (Fsp3) is 0.848. The highest BCUT2D eigenvalue weighted by molar-refractivity contribution is 5.84. The van der Waals surface area contributed by atoms with Crippen molar-refractivity contribution in [2.45, 2.75) is 147 Å². The molecule has 0 aliphatic rings. The van der Waals surface area contributed by atoms with E-state index < -0.39 is 18.0 Å². The lowest BCUT2D eigenvalue weighted by atomic mass is 10.0. The van der Waals surface area contributed by atoms with Crippen molar-refractivity contribution < 1.29 is 43.7 Å². The van der Waals surface area contributed by atoms with Gasteiger partial charge < -0.3 is 35.1 Å². The molecule has 0 fully saturated rings. The minimum Gasteiger partial charge on any atom is -0.481 e. The average molecular weight is 629 g/mol. The second kappa shape index (κ2) is 31.9. The Bertz CT molecular complexity index is 749. The molecule has 0 aromatic heterocycles. The van der Waals surface area contributed by atoms with Crippen molar-refractivity contribution in [2.75, 3.05) is 33.0 Å². The van der Waals surface area contributed by atoms with Gasteiger partial charge in [-0.1, -0.05) is 103 Å². The van der Waals surface area contributed by atoms with Gasteiger partial charge in [0.25, 0.3) is 0 Å². The van der Waals surface area contributed by atoms with Gasteiger partial charge in [-0.2, -0.15) is 0 Å². The Kier molecular flexibility index (Phi) is 30.0. The molecule has 0 saturated carbocycles. The fourth-order valence-corrected chi connectivity index (χ4v) is 4.89. The third kappa shape index (κ3) is 30.9. The van der Waals surface area contributed by atoms with Crippen LogP contribution in [0.3, 0.4) is 0 Å². The quantitative estimate of drug-likeness (QED) is 0.0526. The molecule has 0 radical (unpaired) electrons. The number of aliphatic carboxylic acids is 2. The lowest BCUT2D eigenvalue weighted by Gasteiger charge is -2.14. The summed E-state index contributed by atoms with van der Waals surface area (Å²) in [5.74, 6) is -2.44. The second-order valence-electron chi connectivity index (χ2n) is 11.5. The molecule has 0 saturated heterocycles. The SMILES string of the molecule is O=CCOCCOCCNC(=O)CC[C@H](NC(=O)CCCCCCCCCCCCCCCCCCCCC(=O)O)C(=O)O. The third-order valence-corrected chi connectivity index (χ3v) is 7.46. The topological polar surface area (TPSA) is 168 Å². The molecule has 0 aliphatic carbocycles. The molecule has 44 heavy (non-hydrogen) atoms. The maximum Gasteiger partial charge on any atom is 0.326 e. The van der Waals surface area contributed by atoms with Crippen molar-refractivity contribution in [3.8, 4) is 0 Å². The third-order valence-electron chi connectivity index (χ3n) is 7.46. The van der Waals surface area contributed by atoms with Gasteiger partial charge in [0.05, 0.1) is 19.8 Å². The lowest BCUT2D eigenvalue weighted by Crippen LogP contribution is -2.41. The Labute approximate surface area is 264 Å². The number of carbonyl (C=O) groups excluding carboxylic acids is 3. The summed E-state index contributed by atoms with van der Waals surface area (Å²) in [6.45, 7) is 1.17. The molecule has 0 spiro atoms. The average Bonchev–Trinajstić information content (AvgIpc) is 2.99. The van der Waals surface area contributed by atoms with Crippen molar-refractivity contribution in [3.63, 3.8) is 0 Å². The Morgan fingerprint density at radius 3 is 1.48 bits per heavy atom. The summed E-state index contributed by atoms with van der Waals surface area (Å²) in [4.78, 5) is 56.3. The number of carbonyl (C=O) groups is 5. The normalized spacial score (nSPS) is 11.6. The molecule has 0 aromatic rings. The zero-order chi connectivity index (χ0) is 32.5.